The van der Waals surface area contributed by atoms with Crippen molar-refractivity contribution in [3.63, 3.8) is 0 Å². The Morgan fingerprint density at radius 2 is 1.59 bits per heavy atom. The summed E-state index contributed by atoms with van der Waals surface area (Å²) in [5, 5.41) is 17.6. The maximum atomic E-state index is 14.3. The van der Waals surface area contributed by atoms with Crippen molar-refractivity contribution >= 4 is 52.3 Å². The predicted octanol–water partition coefficient (Wildman–Crippen LogP) is 6.56. The van der Waals surface area contributed by atoms with Crippen LogP contribution in [0.4, 0.5) is 5.69 Å². The average molecular weight is 586 g/mol. The summed E-state index contributed by atoms with van der Waals surface area (Å²) in [5.41, 5.74) is 1.51. The van der Waals surface area contributed by atoms with E-state index in [0.29, 0.717) is 57.8 Å². The second-order valence-electron chi connectivity index (χ2n) is 10.6. The lowest BCUT2D eigenvalue weighted by atomic mass is 9.59. The molecule has 2 heterocycles. The van der Waals surface area contributed by atoms with Crippen LogP contribution in [-0.2, 0) is 15.0 Å². The van der Waals surface area contributed by atoms with Crippen molar-refractivity contribution in [2.45, 2.75) is 61.7 Å². The van der Waals surface area contributed by atoms with Crippen LogP contribution in [0.3, 0.4) is 0 Å². The van der Waals surface area contributed by atoms with Crippen molar-refractivity contribution in [3.8, 4) is 5.75 Å². The van der Waals surface area contributed by atoms with Crippen LogP contribution in [0.15, 0.2) is 60.7 Å². The molecule has 0 unspecified atom stereocenters. The normalized spacial score (nSPS) is 28.1. The van der Waals surface area contributed by atoms with Gasteiger partial charge in [0.1, 0.15) is 11.2 Å². The highest BCUT2D eigenvalue weighted by Crippen LogP contribution is 2.58. The van der Waals surface area contributed by atoms with Gasteiger partial charge in [-0.2, -0.15) is 0 Å². The summed E-state index contributed by atoms with van der Waals surface area (Å²) >= 11 is 19.2. The van der Waals surface area contributed by atoms with Gasteiger partial charge < -0.3 is 20.5 Å². The Bertz CT molecular complexity index is 1460. The zero-order chi connectivity index (χ0) is 27.3. The number of carbonyl (C=O) groups excluding carboxylic acids is 2. The minimum atomic E-state index is -1.23. The van der Waals surface area contributed by atoms with Gasteiger partial charge in [0.15, 0.2) is 0 Å². The van der Waals surface area contributed by atoms with E-state index in [-0.39, 0.29) is 30.4 Å². The average Bonchev–Trinajstić information content (AvgIpc) is 3.18. The molecule has 2 aliphatic heterocycles. The molecule has 202 valence electrons. The number of nitrogens with one attached hydrogen (secondary N) is 2. The molecule has 3 atom stereocenters. The van der Waals surface area contributed by atoms with E-state index >= 15 is 0 Å². The molecule has 3 N–H and O–H groups in total. The molecule has 1 saturated heterocycles. The molecular weight excluding hydrogens is 559 g/mol. The smallest absolute Gasteiger partial charge is 0.238 e. The number of piperidine rings is 1. The number of carbonyl (C=O) groups is 2. The number of ether oxygens (including phenoxy) is 1. The van der Waals surface area contributed by atoms with E-state index in [4.69, 9.17) is 39.5 Å². The molecule has 0 aromatic heterocycles. The number of anilines is 1. The molecule has 0 radical (unpaired) electrons. The predicted molar refractivity (Wildman–Crippen MR) is 152 cm³/mol. The summed E-state index contributed by atoms with van der Waals surface area (Å²) in [6, 6.07) is 17.2. The van der Waals surface area contributed by atoms with E-state index in [2.05, 4.69) is 10.6 Å². The summed E-state index contributed by atoms with van der Waals surface area (Å²) < 4.78 is 6.49. The maximum Gasteiger partial charge on any atom is 0.238 e. The number of amides is 2. The number of hydrogen-bond donors (Lipinski definition) is 3. The van der Waals surface area contributed by atoms with E-state index in [1.807, 2.05) is 24.3 Å². The molecular formula is C30H27Cl3N2O4. The monoisotopic (exact) mass is 584 g/mol. The SMILES string of the molecule is O=C1C[C@@H](c2cccc(Cl)c2)[C@]2(C(=O)Nc3cc(Cl)ccc32)[C@@H](c2cc(Cl)ccc2O[C@H]2CC[C@H](O)CC2)N1. The van der Waals surface area contributed by atoms with Crippen molar-refractivity contribution in [3.05, 3.63) is 92.4 Å². The molecule has 1 saturated carbocycles. The number of aliphatic hydroxyl groups excluding tert-OH is 1. The largest absolute Gasteiger partial charge is 0.490 e. The highest BCUT2D eigenvalue weighted by Gasteiger charge is 2.61. The number of aliphatic hydroxyl groups is 1. The van der Waals surface area contributed by atoms with Gasteiger partial charge in [0.25, 0.3) is 0 Å². The molecule has 3 aliphatic rings. The summed E-state index contributed by atoms with van der Waals surface area (Å²) in [6.07, 6.45) is 2.39. The van der Waals surface area contributed by atoms with Crippen molar-refractivity contribution < 1.29 is 19.4 Å². The van der Waals surface area contributed by atoms with E-state index in [0.717, 1.165) is 11.1 Å². The van der Waals surface area contributed by atoms with Gasteiger partial charge >= 0.3 is 0 Å². The van der Waals surface area contributed by atoms with Gasteiger partial charge in [-0.25, -0.2) is 0 Å². The molecule has 6 nitrogen and oxygen atoms in total. The summed E-state index contributed by atoms with van der Waals surface area (Å²) in [6.45, 7) is 0. The molecule has 2 amide bonds. The van der Waals surface area contributed by atoms with Crippen LogP contribution in [0.2, 0.25) is 15.1 Å². The van der Waals surface area contributed by atoms with E-state index < -0.39 is 17.4 Å². The van der Waals surface area contributed by atoms with Crippen LogP contribution in [0.5, 0.6) is 5.75 Å². The molecule has 2 fully saturated rings. The molecule has 3 aromatic rings. The Morgan fingerprint density at radius 1 is 0.872 bits per heavy atom. The molecule has 0 bridgehead atoms. The van der Waals surface area contributed by atoms with Gasteiger partial charge in [0, 0.05) is 38.7 Å². The Kier molecular flexibility index (Phi) is 7.00. The molecule has 39 heavy (non-hydrogen) atoms. The molecule has 1 spiro atoms. The van der Waals surface area contributed by atoms with Crippen molar-refractivity contribution in [2.75, 3.05) is 5.32 Å². The number of benzene rings is 3. The number of halogens is 3. The van der Waals surface area contributed by atoms with Crippen LogP contribution < -0.4 is 15.4 Å². The first-order chi connectivity index (χ1) is 18.8. The van der Waals surface area contributed by atoms with Gasteiger partial charge in [-0.05, 0) is 79.3 Å². The molecule has 3 aromatic carbocycles. The summed E-state index contributed by atoms with van der Waals surface area (Å²) in [7, 11) is 0. The van der Waals surface area contributed by atoms with Gasteiger partial charge in [-0.15, -0.1) is 0 Å². The van der Waals surface area contributed by atoms with Gasteiger partial charge in [-0.1, -0.05) is 53.0 Å². The lowest BCUT2D eigenvalue weighted by molar-refractivity contribution is -0.131. The fourth-order valence-corrected chi connectivity index (χ4v) is 7.02. The van der Waals surface area contributed by atoms with Crippen LogP contribution in [0, 0.1) is 0 Å². The Labute approximate surface area is 241 Å². The summed E-state index contributed by atoms with van der Waals surface area (Å²) in [5.74, 6) is -0.430. The maximum absolute atomic E-state index is 14.3. The quantitative estimate of drug-likeness (QED) is 0.323. The molecule has 6 rings (SSSR count). The van der Waals surface area contributed by atoms with Crippen molar-refractivity contribution in [1.82, 2.24) is 5.32 Å². The minimum Gasteiger partial charge on any atom is -0.490 e. The topological polar surface area (TPSA) is 87.7 Å². The van der Waals surface area contributed by atoms with E-state index in [1.54, 1.807) is 36.4 Å². The fourth-order valence-electron chi connectivity index (χ4n) is 6.46. The fraction of sp³-hybridized carbons (Fsp3) is 0.333. The van der Waals surface area contributed by atoms with Crippen LogP contribution in [0.25, 0.3) is 0 Å². The van der Waals surface area contributed by atoms with Crippen LogP contribution in [0.1, 0.15) is 60.8 Å². The third-order valence-corrected chi connectivity index (χ3v) is 8.93. The Hall–Kier alpha value is -2.77. The first-order valence-electron chi connectivity index (χ1n) is 13.1. The Morgan fingerprint density at radius 3 is 2.36 bits per heavy atom. The van der Waals surface area contributed by atoms with Crippen molar-refractivity contribution in [1.29, 1.82) is 0 Å². The van der Waals surface area contributed by atoms with Crippen LogP contribution in [-0.4, -0.2) is 29.1 Å². The van der Waals surface area contributed by atoms with Gasteiger partial charge in [0.05, 0.1) is 18.2 Å². The second-order valence-corrected chi connectivity index (χ2v) is 11.9. The minimum absolute atomic E-state index is 0.0869. The van der Waals surface area contributed by atoms with E-state index in [9.17, 15) is 14.7 Å². The van der Waals surface area contributed by atoms with E-state index in [1.165, 1.54) is 0 Å². The Balaban J connectivity index is 1.55. The highest BCUT2D eigenvalue weighted by atomic mass is 35.5. The zero-order valence-electron chi connectivity index (χ0n) is 20.9. The standard InChI is InChI=1S/C30H27Cl3N2O4/c31-17-3-1-2-16(12-17)24-15-27(37)35-28(30(24)23-10-4-19(33)14-25(23)34-29(30)38)22-13-18(32)5-11-26(22)39-21-8-6-20(36)7-9-21/h1-5,10-14,20-21,24,28,36H,6-9,15H2,(H,34,38)(H,35,37)/t20-,21-,24-,28+,30-/m0/s1. The number of fused-ring (bicyclic) bond motifs is 2. The van der Waals surface area contributed by atoms with Gasteiger partial charge in [-0.3, -0.25) is 9.59 Å². The third-order valence-electron chi connectivity index (χ3n) is 8.22. The van der Waals surface area contributed by atoms with Crippen LogP contribution >= 0.6 is 34.8 Å². The lowest BCUT2D eigenvalue weighted by Crippen LogP contribution is -2.57. The van der Waals surface area contributed by atoms with Gasteiger partial charge in [0.2, 0.25) is 11.8 Å². The molecule has 1 aliphatic carbocycles. The highest BCUT2D eigenvalue weighted by molar-refractivity contribution is 6.31. The number of hydrogen-bond acceptors (Lipinski definition) is 4. The lowest BCUT2D eigenvalue weighted by Gasteiger charge is -2.46. The summed E-state index contributed by atoms with van der Waals surface area (Å²) in [4.78, 5) is 27.6. The number of rotatable bonds is 4. The zero-order valence-corrected chi connectivity index (χ0v) is 23.2. The third kappa shape index (κ3) is 4.67. The molecule has 9 heteroatoms. The first-order valence-corrected chi connectivity index (χ1v) is 14.2. The van der Waals surface area contributed by atoms with Crippen molar-refractivity contribution in [2.24, 2.45) is 0 Å². The first kappa shape index (κ1) is 26.5. The second kappa shape index (κ2) is 10.3.